The zero-order chi connectivity index (χ0) is 18.8. The van der Waals surface area contributed by atoms with Crippen LogP contribution in [0, 0.1) is 13.8 Å². The van der Waals surface area contributed by atoms with Crippen LogP contribution >= 0.6 is 0 Å². The van der Waals surface area contributed by atoms with Crippen LogP contribution in [0.2, 0.25) is 0 Å². The summed E-state index contributed by atoms with van der Waals surface area (Å²) in [7, 11) is 0. The number of urea groups is 1. The van der Waals surface area contributed by atoms with Gasteiger partial charge in [0.25, 0.3) is 0 Å². The van der Waals surface area contributed by atoms with E-state index in [1.807, 2.05) is 18.5 Å². The molecule has 0 radical (unpaired) electrons. The van der Waals surface area contributed by atoms with Crippen LogP contribution in [0.15, 0.2) is 24.7 Å². The van der Waals surface area contributed by atoms with Crippen molar-refractivity contribution in [3.63, 3.8) is 0 Å². The molecule has 3 aromatic rings. The van der Waals surface area contributed by atoms with Crippen molar-refractivity contribution in [1.29, 1.82) is 0 Å². The van der Waals surface area contributed by atoms with Gasteiger partial charge < -0.3 is 10.2 Å². The van der Waals surface area contributed by atoms with Crippen LogP contribution in [0.4, 0.5) is 4.79 Å². The number of carbonyl (C=O) groups is 1. The number of hydrogen-bond donors (Lipinski definition) is 2. The van der Waals surface area contributed by atoms with Gasteiger partial charge in [0.15, 0.2) is 0 Å². The summed E-state index contributed by atoms with van der Waals surface area (Å²) in [5.74, 6) is 1.02. The molecule has 10 heteroatoms. The molecule has 0 unspecified atom stereocenters. The minimum absolute atomic E-state index is 0.114. The van der Waals surface area contributed by atoms with Gasteiger partial charge in [0.2, 0.25) is 5.82 Å². The van der Waals surface area contributed by atoms with E-state index in [1.54, 1.807) is 23.5 Å². The quantitative estimate of drug-likeness (QED) is 0.716. The summed E-state index contributed by atoms with van der Waals surface area (Å²) in [4.78, 5) is 26.8. The summed E-state index contributed by atoms with van der Waals surface area (Å²) in [6.07, 6.45) is 5.66. The molecule has 1 fully saturated rings. The van der Waals surface area contributed by atoms with E-state index in [2.05, 4.69) is 41.6 Å². The second-order valence-electron chi connectivity index (χ2n) is 6.62. The average Bonchev–Trinajstić information content (AvgIpc) is 3.40. The highest BCUT2D eigenvalue weighted by atomic mass is 16.2. The maximum atomic E-state index is 12.5. The zero-order valence-corrected chi connectivity index (χ0v) is 15.3. The highest BCUT2D eigenvalue weighted by molar-refractivity contribution is 5.74. The molecule has 0 bridgehead atoms. The van der Waals surface area contributed by atoms with Crippen LogP contribution in [0.1, 0.15) is 29.7 Å². The molecule has 4 rings (SSSR count). The number of likely N-dealkylation sites (tertiary alicyclic amines) is 1. The van der Waals surface area contributed by atoms with Crippen LogP contribution < -0.4 is 5.32 Å². The van der Waals surface area contributed by atoms with Gasteiger partial charge in [-0.25, -0.2) is 14.8 Å². The van der Waals surface area contributed by atoms with Crippen LogP contribution in [0.25, 0.3) is 11.5 Å². The Hall–Kier alpha value is -3.30. The molecule has 27 heavy (non-hydrogen) atoms. The summed E-state index contributed by atoms with van der Waals surface area (Å²) in [5, 5.41) is 14.3. The Morgan fingerprint density at radius 3 is 3.00 bits per heavy atom. The molecule has 10 nitrogen and oxygen atoms in total. The minimum Gasteiger partial charge on any atom is -0.331 e. The third-order valence-corrected chi connectivity index (χ3v) is 4.57. The molecule has 0 spiro atoms. The molecule has 3 aromatic heterocycles. The fourth-order valence-corrected chi connectivity index (χ4v) is 3.32. The summed E-state index contributed by atoms with van der Waals surface area (Å²) < 4.78 is 2.02. The molecule has 0 saturated carbocycles. The number of aryl methyl sites for hydroxylation is 2. The molecule has 4 heterocycles. The fourth-order valence-electron chi connectivity index (χ4n) is 3.32. The van der Waals surface area contributed by atoms with E-state index in [1.165, 1.54) is 0 Å². The Morgan fingerprint density at radius 1 is 1.37 bits per heavy atom. The van der Waals surface area contributed by atoms with Crippen molar-refractivity contribution in [3.8, 4) is 11.5 Å². The molecule has 0 aromatic carbocycles. The molecule has 1 atom stereocenters. The molecule has 1 aliphatic rings. The van der Waals surface area contributed by atoms with E-state index < -0.39 is 0 Å². The lowest BCUT2D eigenvalue weighted by Gasteiger charge is -2.17. The first-order valence-electron chi connectivity index (χ1n) is 8.83. The Labute approximate surface area is 156 Å². The Morgan fingerprint density at radius 2 is 2.26 bits per heavy atom. The van der Waals surface area contributed by atoms with Crippen LogP contribution in [0.5, 0.6) is 0 Å². The lowest BCUT2D eigenvalue weighted by Crippen LogP contribution is -2.38. The van der Waals surface area contributed by atoms with Crippen molar-refractivity contribution in [2.24, 2.45) is 0 Å². The first-order valence-corrected chi connectivity index (χ1v) is 8.83. The molecular weight excluding hydrogens is 346 g/mol. The Balaban J connectivity index is 1.33. The van der Waals surface area contributed by atoms with Crippen LogP contribution in [-0.4, -0.2) is 59.0 Å². The first kappa shape index (κ1) is 17.1. The molecule has 2 N–H and O–H groups in total. The van der Waals surface area contributed by atoms with Gasteiger partial charge in [-0.15, -0.1) is 0 Å². The number of aromatic nitrogens is 7. The van der Waals surface area contributed by atoms with Crippen molar-refractivity contribution >= 4 is 6.03 Å². The fraction of sp³-hybridized carbons (Fsp3) is 0.412. The van der Waals surface area contributed by atoms with E-state index in [9.17, 15) is 4.79 Å². The maximum absolute atomic E-state index is 12.5. The number of nitrogens with zero attached hydrogens (tertiary/aromatic N) is 7. The van der Waals surface area contributed by atoms with Gasteiger partial charge in [-0.1, -0.05) is 0 Å². The van der Waals surface area contributed by atoms with Gasteiger partial charge in [-0.3, -0.25) is 14.8 Å². The van der Waals surface area contributed by atoms with E-state index >= 15 is 0 Å². The number of rotatable bonds is 4. The molecule has 2 amide bonds. The third kappa shape index (κ3) is 3.64. The monoisotopic (exact) mass is 367 g/mol. The number of H-pyrrole nitrogens is 1. The van der Waals surface area contributed by atoms with Crippen LogP contribution in [0.3, 0.4) is 0 Å². The average molecular weight is 367 g/mol. The van der Waals surface area contributed by atoms with Crippen molar-refractivity contribution < 1.29 is 4.79 Å². The largest absolute Gasteiger partial charge is 0.331 e. The maximum Gasteiger partial charge on any atom is 0.317 e. The number of amides is 2. The second kappa shape index (κ2) is 7.14. The van der Waals surface area contributed by atoms with Gasteiger partial charge >= 0.3 is 6.03 Å². The predicted molar refractivity (Wildman–Crippen MR) is 96.6 cm³/mol. The van der Waals surface area contributed by atoms with Crippen molar-refractivity contribution in [2.75, 3.05) is 13.1 Å². The summed E-state index contributed by atoms with van der Waals surface area (Å²) >= 11 is 0. The van der Waals surface area contributed by atoms with E-state index in [0.29, 0.717) is 30.4 Å². The summed E-state index contributed by atoms with van der Waals surface area (Å²) in [6.45, 7) is 5.65. The number of carbonyl (C=O) groups excluding carboxylic acids is 1. The lowest BCUT2D eigenvalue weighted by atomic mass is 10.2. The van der Waals surface area contributed by atoms with Crippen molar-refractivity contribution in [2.45, 2.75) is 32.9 Å². The first-order chi connectivity index (χ1) is 13.1. The number of hydrogen-bond acceptors (Lipinski definition) is 6. The normalized spacial score (nSPS) is 16.7. The highest BCUT2D eigenvalue weighted by Crippen LogP contribution is 2.23. The minimum atomic E-state index is -0.114. The molecule has 1 saturated heterocycles. The highest BCUT2D eigenvalue weighted by Gasteiger charge is 2.28. The number of aromatic amines is 1. The van der Waals surface area contributed by atoms with E-state index in [-0.39, 0.29) is 18.6 Å². The number of nitrogens with one attached hydrogen (secondary N) is 2. The van der Waals surface area contributed by atoms with Gasteiger partial charge in [-0.05, 0) is 26.3 Å². The molecule has 0 aliphatic carbocycles. The van der Waals surface area contributed by atoms with Crippen molar-refractivity contribution in [3.05, 3.63) is 41.9 Å². The van der Waals surface area contributed by atoms with Gasteiger partial charge in [0, 0.05) is 31.2 Å². The van der Waals surface area contributed by atoms with Crippen LogP contribution in [-0.2, 0) is 6.54 Å². The Bertz CT molecular complexity index is 933. The zero-order valence-electron chi connectivity index (χ0n) is 15.3. The smallest absolute Gasteiger partial charge is 0.317 e. The summed E-state index contributed by atoms with van der Waals surface area (Å²) in [5.41, 5.74) is 2.70. The Kier molecular flexibility index (Phi) is 4.53. The molecule has 140 valence electrons. The van der Waals surface area contributed by atoms with E-state index in [4.69, 9.17) is 0 Å². The summed E-state index contributed by atoms with van der Waals surface area (Å²) in [6, 6.07) is 2.16. The standard InChI is InChI=1S/C17H21N9O/c1-11-7-12(2)26(24-11)13-3-6-25(10-13)17(27)20-9-15-21-16(23-22-15)14-8-18-4-5-19-14/h4-5,7-8,13H,3,6,9-10H2,1-2H3,(H,20,27)(H,21,22,23)/t13-/m0/s1. The topological polar surface area (TPSA) is 118 Å². The van der Waals surface area contributed by atoms with Gasteiger partial charge in [0.1, 0.15) is 11.5 Å². The molecule has 1 aliphatic heterocycles. The van der Waals surface area contributed by atoms with Gasteiger partial charge in [0.05, 0.1) is 24.5 Å². The third-order valence-electron chi connectivity index (χ3n) is 4.57. The lowest BCUT2D eigenvalue weighted by molar-refractivity contribution is 0.206. The molecular formula is C17H21N9O. The second-order valence-corrected chi connectivity index (χ2v) is 6.62. The van der Waals surface area contributed by atoms with E-state index in [0.717, 1.165) is 17.8 Å². The van der Waals surface area contributed by atoms with Crippen molar-refractivity contribution in [1.82, 2.24) is 45.1 Å². The van der Waals surface area contributed by atoms with Gasteiger partial charge in [-0.2, -0.15) is 10.2 Å². The SMILES string of the molecule is Cc1cc(C)n([C@H]2CCN(C(=O)NCc3nc(-c4cnccn4)n[nH]3)C2)n1. The predicted octanol–water partition coefficient (Wildman–Crippen LogP) is 1.23.